The van der Waals surface area contributed by atoms with Crippen LogP contribution in [0.25, 0.3) is 11.1 Å². The Hall–Kier alpha value is -0.930. The van der Waals surface area contributed by atoms with Crippen LogP contribution in [-0.2, 0) is 0 Å². The Morgan fingerprint density at radius 1 is 1.29 bits per heavy atom. The van der Waals surface area contributed by atoms with Gasteiger partial charge in [0.2, 0.25) is 0 Å². The van der Waals surface area contributed by atoms with E-state index in [1.165, 1.54) is 0 Å². The zero-order chi connectivity index (χ0) is 9.97. The third-order valence-corrected chi connectivity index (χ3v) is 2.51. The predicted octanol–water partition coefficient (Wildman–Crippen LogP) is 3.56. The number of aromatic nitrogens is 2. The SMILES string of the molecule is Clc1ncc(Br)cc1-c1cccnc1. The number of nitrogens with zero attached hydrogens (tertiary/aromatic N) is 2. The van der Waals surface area contributed by atoms with E-state index >= 15 is 0 Å². The topological polar surface area (TPSA) is 25.8 Å². The van der Waals surface area contributed by atoms with Gasteiger partial charge in [0.15, 0.2) is 0 Å². The molecule has 0 aliphatic rings. The van der Waals surface area contributed by atoms with Crippen molar-refractivity contribution in [1.29, 1.82) is 0 Å². The molecule has 2 rings (SSSR count). The molecular weight excluding hydrogens is 263 g/mol. The first-order valence-electron chi connectivity index (χ1n) is 3.99. The van der Waals surface area contributed by atoms with Crippen molar-refractivity contribution in [3.05, 3.63) is 46.4 Å². The van der Waals surface area contributed by atoms with Gasteiger partial charge in [-0.3, -0.25) is 4.98 Å². The number of rotatable bonds is 1. The zero-order valence-corrected chi connectivity index (χ0v) is 9.46. The van der Waals surface area contributed by atoms with Gasteiger partial charge in [-0.2, -0.15) is 0 Å². The van der Waals surface area contributed by atoms with E-state index in [1.54, 1.807) is 18.6 Å². The molecule has 0 fully saturated rings. The van der Waals surface area contributed by atoms with E-state index in [-0.39, 0.29) is 0 Å². The van der Waals surface area contributed by atoms with Crippen LogP contribution >= 0.6 is 27.5 Å². The summed E-state index contributed by atoms with van der Waals surface area (Å²) in [6.07, 6.45) is 5.15. The summed E-state index contributed by atoms with van der Waals surface area (Å²) in [5.41, 5.74) is 1.85. The summed E-state index contributed by atoms with van der Waals surface area (Å²) >= 11 is 9.32. The van der Waals surface area contributed by atoms with Crippen LogP contribution < -0.4 is 0 Å². The molecule has 0 spiro atoms. The van der Waals surface area contributed by atoms with Crippen molar-refractivity contribution in [3.63, 3.8) is 0 Å². The first-order chi connectivity index (χ1) is 6.77. The van der Waals surface area contributed by atoms with Crippen LogP contribution in [0.5, 0.6) is 0 Å². The summed E-state index contributed by atoms with van der Waals surface area (Å²) < 4.78 is 0.903. The molecule has 2 aromatic rings. The van der Waals surface area contributed by atoms with E-state index in [2.05, 4.69) is 25.9 Å². The fourth-order valence-electron chi connectivity index (χ4n) is 1.15. The van der Waals surface area contributed by atoms with Gasteiger partial charge in [0.25, 0.3) is 0 Å². The number of pyridine rings is 2. The van der Waals surface area contributed by atoms with Gasteiger partial charge >= 0.3 is 0 Å². The van der Waals surface area contributed by atoms with E-state index in [1.807, 2.05) is 18.2 Å². The average molecular weight is 270 g/mol. The van der Waals surface area contributed by atoms with Crippen molar-refractivity contribution in [3.8, 4) is 11.1 Å². The van der Waals surface area contributed by atoms with Gasteiger partial charge in [-0.15, -0.1) is 0 Å². The molecule has 0 atom stereocenters. The molecule has 0 saturated carbocycles. The second-order valence-corrected chi connectivity index (χ2v) is 4.01. The van der Waals surface area contributed by atoms with Crippen molar-refractivity contribution in [1.82, 2.24) is 9.97 Å². The summed E-state index contributed by atoms with van der Waals surface area (Å²) in [7, 11) is 0. The van der Waals surface area contributed by atoms with E-state index < -0.39 is 0 Å². The third-order valence-electron chi connectivity index (χ3n) is 1.78. The Labute approximate surface area is 95.1 Å². The minimum absolute atomic E-state index is 0.487. The van der Waals surface area contributed by atoms with Crippen molar-refractivity contribution in [2.75, 3.05) is 0 Å². The number of halogens is 2. The highest BCUT2D eigenvalue weighted by atomic mass is 79.9. The van der Waals surface area contributed by atoms with Crippen LogP contribution in [0.15, 0.2) is 41.3 Å². The lowest BCUT2D eigenvalue weighted by Crippen LogP contribution is -1.84. The van der Waals surface area contributed by atoms with Gasteiger partial charge in [0.05, 0.1) is 0 Å². The molecule has 4 heteroatoms. The second kappa shape index (κ2) is 4.07. The standard InChI is InChI=1S/C10H6BrClN2/c11-8-4-9(10(12)14-6-8)7-2-1-3-13-5-7/h1-6H. The fourth-order valence-corrected chi connectivity index (χ4v) is 1.69. The Morgan fingerprint density at radius 2 is 2.14 bits per heavy atom. The minimum atomic E-state index is 0.487. The molecule has 0 bridgehead atoms. The Kier molecular flexibility index (Phi) is 2.79. The van der Waals surface area contributed by atoms with Crippen molar-refractivity contribution in [2.45, 2.75) is 0 Å². The van der Waals surface area contributed by atoms with Crippen molar-refractivity contribution < 1.29 is 0 Å². The quantitative estimate of drug-likeness (QED) is 0.740. The first kappa shape index (κ1) is 9.62. The Morgan fingerprint density at radius 3 is 2.86 bits per heavy atom. The van der Waals surface area contributed by atoms with Gasteiger partial charge in [0.1, 0.15) is 5.15 Å². The van der Waals surface area contributed by atoms with E-state index in [9.17, 15) is 0 Å². The lowest BCUT2D eigenvalue weighted by Gasteiger charge is -2.02. The summed E-state index contributed by atoms with van der Waals surface area (Å²) in [5.74, 6) is 0. The van der Waals surface area contributed by atoms with Crippen LogP contribution in [-0.4, -0.2) is 9.97 Å². The average Bonchev–Trinajstić information content (AvgIpc) is 2.23. The molecule has 0 aromatic carbocycles. The largest absolute Gasteiger partial charge is 0.264 e. The molecule has 2 heterocycles. The van der Waals surface area contributed by atoms with Gasteiger partial charge in [-0.05, 0) is 28.1 Å². The van der Waals surface area contributed by atoms with Crippen LogP contribution in [0.3, 0.4) is 0 Å². The lowest BCUT2D eigenvalue weighted by atomic mass is 10.1. The molecule has 14 heavy (non-hydrogen) atoms. The summed E-state index contributed by atoms with van der Waals surface area (Å²) in [6, 6.07) is 5.74. The van der Waals surface area contributed by atoms with Crippen molar-refractivity contribution >= 4 is 27.5 Å². The van der Waals surface area contributed by atoms with Crippen LogP contribution in [0.1, 0.15) is 0 Å². The first-order valence-corrected chi connectivity index (χ1v) is 5.16. The molecule has 0 aliphatic carbocycles. The van der Waals surface area contributed by atoms with Gasteiger partial charge < -0.3 is 0 Å². The van der Waals surface area contributed by atoms with Crippen molar-refractivity contribution in [2.24, 2.45) is 0 Å². The highest BCUT2D eigenvalue weighted by Gasteiger charge is 2.04. The molecule has 0 N–H and O–H groups in total. The summed E-state index contributed by atoms with van der Waals surface area (Å²) in [5, 5.41) is 0.487. The maximum absolute atomic E-state index is 5.97. The maximum atomic E-state index is 5.97. The number of hydrogen-bond donors (Lipinski definition) is 0. The smallest absolute Gasteiger partial charge is 0.136 e. The molecule has 2 nitrogen and oxygen atoms in total. The molecule has 0 aliphatic heterocycles. The van der Waals surface area contributed by atoms with E-state index in [0.29, 0.717) is 5.15 Å². The monoisotopic (exact) mass is 268 g/mol. The van der Waals surface area contributed by atoms with Gasteiger partial charge in [0, 0.05) is 34.2 Å². The zero-order valence-electron chi connectivity index (χ0n) is 7.11. The summed E-state index contributed by atoms with van der Waals surface area (Å²) in [4.78, 5) is 8.08. The highest BCUT2D eigenvalue weighted by molar-refractivity contribution is 9.10. The normalized spacial score (nSPS) is 10.1. The second-order valence-electron chi connectivity index (χ2n) is 2.73. The molecule has 0 unspecified atom stereocenters. The van der Waals surface area contributed by atoms with Crippen LogP contribution in [0, 0.1) is 0 Å². The fraction of sp³-hybridized carbons (Fsp3) is 0. The Balaban J connectivity index is 2.57. The van der Waals surface area contributed by atoms with E-state index in [4.69, 9.17) is 11.6 Å². The van der Waals surface area contributed by atoms with Crippen LogP contribution in [0.2, 0.25) is 5.15 Å². The molecule has 2 aromatic heterocycles. The molecule has 70 valence electrons. The van der Waals surface area contributed by atoms with Crippen LogP contribution in [0.4, 0.5) is 0 Å². The maximum Gasteiger partial charge on any atom is 0.136 e. The molecular formula is C10H6BrClN2. The Bertz CT molecular complexity index is 445. The summed E-state index contributed by atoms with van der Waals surface area (Å²) in [6.45, 7) is 0. The van der Waals surface area contributed by atoms with Gasteiger partial charge in [-0.25, -0.2) is 4.98 Å². The molecule has 0 saturated heterocycles. The predicted molar refractivity (Wildman–Crippen MR) is 60.2 cm³/mol. The lowest BCUT2D eigenvalue weighted by molar-refractivity contribution is 1.29. The molecule has 0 radical (unpaired) electrons. The minimum Gasteiger partial charge on any atom is -0.264 e. The van der Waals surface area contributed by atoms with Gasteiger partial charge in [-0.1, -0.05) is 17.7 Å². The van der Waals surface area contributed by atoms with E-state index in [0.717, 1.165) is 15.6 Å². The highest BCUT2D eigenvalue weighted by Crippen LogP contribution is 2.27. The molecule has 0 amide bonds. The number of hydrogen-bond acceptors (Lipinski definition) is 2. The third kappa shape index (κ3) is 1.94.